The summed E-state index contributed by atoms with van der Waals surface area (Å²) in [6.45, 7) is 2.05. The number of hydrogen-bond acceptors (Lipinski definition) is 4. The van der Waals surface area contributed by atoms with E-state index < -0.39 is 0 Å². The van der Waals surface area contributed by atoms with E-state index in [1.807, 2.05) is 18.7 Å². The van der Waals surface area contributed by atoms with Crippen LogP contribution in [0.15, 0.2) is 47.8 Å². The third-order valence-corrected chi connectivity index (χ3v) is 5.16. The molecule has 3 aromatic rings. The van der Waals surface area contributed by atoms with Gasteiger partial charge in [-0.1, -0.05) is 11.8 Å². The molecule has 2 heterocycles. The Morgan fingerprint density at radius 2 is 2.00 bits per heavy atom. The Balaban J connectivity index is 1.91. The van der Waals surface area contributed by atoms with E-state index in [0.717, 1.165) is 11.5 Å². The van der Waals surface area contributed by atoms with Gasteiger partial charge in [0.2, 0.25) is 0 Å². The summed E-state index contributed by atoms with van der Waals surface area (Å²) in [7, 11) is 4.08. The molecule has 0 amide bonds. The number of benzene rings is 1. The van der Waals surface area contributed by atoms with Crippen molar-refractivity contribution < 1.29 is 14.1 Å². The monoisotopic (exact) mass is 374 g/mol. The van der Waals surface area contributed by atoms with Crippen LogP contribution in [-0.2, 0) is 0 Å². The quantitative estimate of drug-likeness (QED) is 0.490. The predicted octanol–water partition coefficient (Wildman–Crippen LogP) is 1.91. The highest BCUT2D eigenvalue weighted by molar-refractivity contribution is 7.99. The summed E-state index contributed by atoms with van der Waals surface area (Å²) < 4.78 is 15.2. The molecule has 8 heteroatoms. The molecular weight excluding hydrogens is 353 g/mol. The molecule has 0 radical (unpaired) electrons. The normalized spacial score (nSPS) is 12.5. The molecule has 0 aliphatic heterocycles. The Kier molecular flexibility index (Phi) is 5.53. The van der Waals surface area contributed by atoms with Crippen LogP contribution in [0.25, 0.3) is 5.69 Å². The zero-order valence-corrected chi connectivity index (χ0v) is 15.7. The number of halogens is 1. The van der Waals surface area contributed by atoms with Crippen LogP contribution in [0.4, 0.5) is 4.39 Å². The van der Waals surface area contributed by atoms with E-state index in [1.165, 1.54) is 28.8 Å². The molecule has 26 heavy (non-hydrogen) atoms. The van der Waals surface area contributed by atoms with Crippen molar-refractivity contribution in [3.63, 3.8) is 0 Å². The summed E-state index contributed by atoms with van der Waals surface area (Å²) >= 11 is 1.32. The van der Waals surface area contributed by atoms with E-state index >= 15 is 0 Å². The summed E-state index contributed by atoms with van der Waals surface area (Å²) in [5.41, 5.74) is 1.34. The standard InChI is InChI=1S/C18H20FN5OS/c1-12(23(2)3)17-21-22-18(24(17)14-8-6-13(19)7-9-14)26-11-16(25)15-5-4-10-20-15/h4-10,12,20H,11H2,1-3H3/p+1/t12-/m1/s1. The number of Topliss-reactive ketones (excluding diaryl/α,β-unsaturated/α-hetero) is 1. The van der Waals surface area contributed by atoms with Crippen LogP contribution in [0.5, 0.6) is 0 Å². The fraction of sp³-hybridized carbons (Fsp3) is 0.278. The lowest BCUT2D eigenvalue weighted by Gasteiger charge is -2.18. The Labute approximate surface area is 155 Å². The third kappa shape index (κ3) is 3.86. The molecule has 0 aliphatic carbocycles. The van der Waals surface area contributed by atoms with E-state index in [-0.39, 0.29) is 23.4 Å². The van der Waals surface area contributed by atoms with Gasteiger partial charge >= 0.3 is 0 Å². The molecular formula is C18H21FN5OS+. The van der Waals surface area contributed by atoms with Crippen LogP contribution in [0.1, 0.15) is 29.3 Å². The minimum absolute atomic E-state index is 0.0125. The van der Waals surface area contributed by atoms with Crippen molar-refractivity contribution in [2.45, 2.75) is 18.1 Å². The van der Waals surface area contributed by atoms with Gasteiger partial charge in [-0.05, 0) is 43.3 Å². The Morgan fingerprint density at radius 1 is 1.27 bits per heavy atom. The fourth-order valence-corrected chi connectivity index (χ4v) is 3.30. The fourth-order valence-electron chi connectivity index (χ4n) is 2.46. The molecule has 2 N–H and O–H groups in total. The summed E-state index contributed by atoms with van der Waals surface area (Å²) in [5.74, 6) is 0.696. The van der Waals surface area contributed by atoms with Gasteiger partial charge in [0.1, 0.15) is 11.9 Å². The number of hydrogen-bond donors (Lipinski definition) is 2. The van der Waals surface area contributed by atoms with Gasteiger partial charge in [0, 0.05) is 11.9 Å². The van der Waals surface area contributed by atoms with Crippen LogP contribution in [0, 0.1) is 5.82 Å². The lowest BCUT2D eigenvalue weighted by Crippen LogP contribution is -3.05. The van der Waals surface area contributed by atoms with Gasteiger partial charge in [0.05, 0.1) is 25.5 Å². The van der Waals surface area contributed by atoms with Crippen molar-refractivity contribution in [1.29, 1.82) is 0 Å². The van der Waals surface area contributed by atoms with E-state index in [0.29, 0.717) is 10.9 Å². The maximum absolute atomic E-state index is 13.3. The van der Waals surface area contributed by atoms with Crippen molar-refractivity contribution >= 4 is 17.5 Å². The highest BCUT2D eigenvalue weighted by Gasteiger charge is 2.24. The van der Waals surface area contributed by atoms with Crippen molar-refractivity contribution in [2.75, 3.05) is 19.8 Å². The molecule has 0 unspecified atom stereocenters. The van der Waals surface area contributed by atoms with Crippen molar-refractivity contribution in [3.05, 3.63) is 59.9 Å². The van der Waals surface area contributed by atoms with E-state index in [4.69, 9.17) is 0 Å². The summed E-state index contributed by atoms with van der Waals surface area (Å²) in [5, 5.41) is 9.22. The number of quaternary nitrogens is 1. The van der Waals surface area contributed by atoms with Crippen molar-refractivity contribution in [2.24, 2.45) is 0 Å². The lowest BCUT2D eigenvalue weighted by atomic mass is 10.2. The Hall–Kier alpha value is -2.45. The average molecular weight is 374 g/mol. The molecule has 0 spiro atoms. The molecule has 3 rings (SSSR count). The number of aromatic amines is 1. The second-order valence-electron chi connectivity index (χ2n) is 6.25. The first-order chi connectivity index (χ1) is 12.5. The van der Waals surface area contributed by atoms with Gasteiger partial charge in [0.25, 0.3) is 0 Å². The molecule has 6 nitrogen and oxygen atoms in total. The first-order valence-electron chi connectivity index (χ1n) is 8.28. The van der Waals surface area contributed by atoms with Gasteiger partial charge in [0.15, 0.2) is 16.8 Å². The van der Waals surface area contributed by atoms with Crippen LogP contribution in [0.2, 0.25) is 0 Å². The van der Waals surface area contributed by atoms with Crippen LogP contribution < -0.4 is 4.90 Å². The average Bonchev–Trinajstić information content (AvgIpc) is 3.29. The Bertz CT molecular complexity index is 874. The molecule has 0 bridgehead atoms. The van der Waals surface area contributed by atoms with Crippen LogP contribution in [-0.4, -0.2) is 45.4 Å². The number of nitrogens with zero attached hydrogens (tertiary/aromatic N) is 3. The van der Waals surface area contributed by atoms with Crippen LogP contribution in [0.3, 0.4) is 0 Å². The molecule has 136 valence electrons. The maximum Gasteiger partial charge on any atom is 0.196 e. The van der Waals surface area contributed by atoms with Gasteiger partial charge in [-0.25, -0.2) is 4.39 Å². The largest absolute Gasteiger partial charge is 0.359 e. The lowest BCUT2D eigenvalue weighted by molar-refractivity contribution is -0.890. The van der Waals surface area contributed by atoms with Crippen LogP contribution >= 0.6 is 11.8 Å². The number of thioether (sulfide) groups is 1. The molecule has 0 saturated heterocycles. The number of H-pyrrole nitrogens is 1. The second-order valence-corrected chi connectivity index (χ2v) is 7.19. The van der Waals surface area contributed by atoms with Gasteiger partial charge in [-0.2, -0.15) is 0 Å². The highest BCUT2D eigenvalue weighted by atomic mass is 32.2. The van der Waals surface area contributed by atoms with E-state index in [2.05, 4.69) is 22.1 Å². The predicted molar refractivity (Wildman–Crippen MR) is 98.4 cm³/mol. The van der Waals surface area contributed by atoms with Crippen molar-refractivity contribution in [3.8, 4) is 5.69 Å². The van der Waals surface area contributed by atoms with Gasteiger partial charge in [-0.3, -0.25) is 9.36 Å². The molecule has 0 fully saturated rings. The first kappa shape index (κ1) is 18.3. The topological polar surface area (TPSA) is 68.0 Å². The zero-order valence-electron chi connectivity index (χ0n) is 14.9. The summed E-state index contributed by atoms with van der Waals surface area (Å²) in [6, 6.07) is 9.82. The smallest absolute Gasteiger partial charge is 0.196 e. The molecule has 0 aliphatic rings. The minimum Gasteiger partial charge on any atom is -0.359 e. The number of rotatable bonds is 7. The SMILES string of the molecule is C[C@H](c1nnc(SCC(=O)c2ccc[nH]2)n1-c1ccc(F)cc1)[NH+](C)C. The highest BCUT2D eigenvalue weighted by Crippen LogP contribution is 2.25. The third-order valence-electron chi connectivity index (χ3n) is 4.23. The zero-order chi connectivity index (χ0) is 18.7. The van der Waals surface area contributed by atoms with Gasteiger partial charge < -0.3 is 9.88 Å². The molecule has 2 aromatic heterocycles. The maximum atomic E-state index is 13.3. The van der Waals surface area contributed by atoms with E-state index in [9.17, 15) is 9.18 Å². The molecule has 1 atom stereocenters. The molecule has 1 aromatic carbocycles. The number of nitrogens with one attached hydrogen (secondary N) is 2. The first-order valence-corrected chi connectivity index (χ1v) is 9.26. The van der Waals surface area contributed by atoms with Crippen molar-refractivity contribution in [1.82, 2.24) is 19.7 Å². The number of carbonyl (C=O) groups excluding carboxylic acids is 1. The number of ketones is 1. The summed E-state index contributed by atoms with van der Waals surface area (Å²) in [6.07, 6.45) is 1.72. The minimum atomic E-state index is -0.300. The molecule has 0 saturated carbocycles. The number of carbonyl (C=O) groups is 1. The summed E-state index contributed by atoms with van der Waals surface area (Å²) in [4.78, 5) is 16.4. The number of aromatic nitrogens is 4. The second kappa shape index (κ2) is 7.84. The van der Waals surface area contributed by atoms with E-state index in [1.54, 1.807) is 30.5 Å². The van der Waals surface area contributed by atoms with Gasteiger partial charge in [-0.15, -0.1) is 10.2 Å². The Morgan fingerprint density at radius 3 is 2.62 bits per heavy atom.